The van der Waals surface area contributed by atoms with E-state index in [9.17, 15) is 4.79 Å². The molecular formula is C17H17N3O. The Labute approximate surface area is 123 Å². The third-order valence-corrected chi connectivity index (χ3v) is 3.62. The Balaban J connectivity index is 2.16. The number of rotatable bonds is 3. The molecule has 0 aliphatic heterocycles. The fourth-order valence-electron chi connectivity index (χ4n) is 2.56. The molecule has 0 aliphatic rings. The Kier molecular flexibility index (Phi) is 3.36. The molecule has 0 unspecified atom stereocenters. The van der Waals surface area contributed by atoms with Crippen molar-refractivity contribution in [3.8, 4) is 11.3 Å². The summed E-state index contributed by atoms with van der Waals surface area (Å²) in [5, 5.41) is 0. The highest BCUT2D eigenvalue weighted by Gasteiger charge is 2.16. The maximum absolute atomic E-state index is 12.2. The van der Waals surface area contributed by atoms with E-state index in [-0.39, 0.29) is 5.56 Å². The van der Waals surface area contributed by atoms with Gasteiger partial charge in [0.1, 0.15) is 0 Å². The van der Waals surface area contributed by atoms with Gasteiger partial charge in [-0.25, -0.2) is 0 Å². The molecule has 0 amide bonds. The third-order valence-electron chi connectivity index (χ3n) is 3.62. The van der Waals surface area contributed by atoms with Gasteiger partial charge in [-0.3, -0.25) is 9.48 Å². The number of nitrogens with two attached hydrogens (primary N) is 1. The number of aromatic nitrogens is 2. The number of nitrogens with zero attached hydrogens (tertiary/aromatic N) is 2. The quantitative estimate of drug-likeness (QED) is 0.748. The molecule has 0 atom stereocenters. The molecule has 3 aromatic rings. The van der Waals surface area contributed by atoms with Crippen molar-refractivity contribution >= 4 is 0 Å². The van der Waals surface area contributed by atoms with E-state index in [2.05, 4.69) is 0 Å². The molecule has 0 bridgehead atoms. The number of hydrogen-bond donors (Lipinski definition) is 1. The monoisotopic (exact) mass is 279 g/mol. The second-order valence-corrected chi connectivity index (χ2v) is 5.03. The summed E-state index contributed by atoms with van der Waals surface area (Å²) in [6.07, 6.45) is 0. The Morgan fingerprint density at radius 1 is 0.952 bits per heavy atom. The Morgan fingerprint density at radius 3 is 2.14 bits per heavy atom. The van der Waals surface area contributed by atoms with Crippen LogP contribution in [0.2, 0.25) is 0 Å². The van der Waals surface area contributed by atoms with Gasteiger partial charge in [-0.2, -0.15) is 4.79 Å². The summed E-state index contributed by atoms with van der Waals surface area (Å²) in [5.41, 5.74) is 3.47. The molecule has 21 heavy (non-hydrogen) atoms. The second-order valence-electron chi connectivity index (χ2n) is 5.03. The predicted octanol–water partition coefficient (Wildman–Crippen LogP) is 2.39. The summed E-state index contributed by atoms with van der Waals surface area (Å²) >= 11 is 0. The number of benzene rings is 2. The Hall–Kier alpha value is -2.75. The van der Waals surface area contributed by atoms with Crippen molar-refractivity contribution < 1.29 is 0 Å². The summed E-state index contributed by atoms with van der Waals surface area (Å²) in [5.74, 6) is 5.96. The standard InChI is InChI=1S/C17H17N3O/c1-13-16(15-10-6-3-7-11-15)19(20(18)17(13)21)12-14-8-4-2-5-9-14/h2-11H,12,18H2,1H3. The van der Waals surface area contributed by atoms with Crippen molar-refractivity contribution in [2.24, 2.45) is 0 Å². The minimum Gasteiger partial charge on any atom is -0.321 e. The lowest BCUT2D eigenvalue weighted by Gasteiger charge is -2.12. The van der Waals surface area contributed by atoms with Crippen molar-refractivity contribution in [3.63, 3.8) is 0 Å². The molecular weight excluding hydrogens is 262 g/mol. The van der Waals surface area contributed by atoms with Gasteiger partial charge < -0.3 is 5.84 Å². The number of hydrogen-bond acceptors (Lipinski definition) is 2. The maximum Gasteiger partial charge on any atom is 0.289 e. The fraction of sp³-hybridized carbons (Fsp3) is 0.118. The molecule has 1 aromatic heterocycles. The summed E-state index contributed by atoms with van der Waals surface area (Å²) in [6, 6.07) is 19.8. The summed E-state index contributed by atoms with van der Waals surface area (Å²) in [7, 11) is 0. The molecule has 0 aliphatic carbocycles. The van der Waals surface area contributed by atoms with Crippen LogP contribution in [0.25, 0.3) is 11.3 Å². The van der Waals surface area contributed by atoms with E-state index in [1.807, 2.05) is 72.3 Å². The first kappa shape index (κ1) is 13.2. The Morgan fingerprint density at radius 2 is 1.52 bits per heavy atom. The van der Waals surface area contributed by atoms with Gasteiger partial charge in [0.25, 0.3) is 5.56 Å². The van der Waals surface area contributed by atoms with Crippen molar-refractivity contribution in [1.29, 1.82) is 0 Å². The molecule has 0 spiro atoms. The average molecular weight is 279 g/mol. The van der Waals surface area contributed by atoms with Crippen LogP contribution in [0.5, 0.6) is 0 Å². The molecule has 4 nitrogen and oxygen atoms in total. The molecule has 0 fully saturated rings. The van der Waals surface area contributed by atoms with Crippen LogP contribution in [0.3, 0.4) is 0 Å². The van der Waals surface area contributed by atoms with Gasteiger partial charge in [0.2, 0.25) is 0 Å². The van der Waals surface area contributed by atoms with Crippen LogP contribution < -0.4 is 11.4 Å². The first-order chi connectivity index (χ1) is 10.2. The zero-order chi connectivity index (χ0) is 14.8. The van der Waals surface area contributed by atoms with E-state index in [4.69, 9.17) is 5.84 Å². The van der Waals surface area contributed by atoms with E-state index in [1.165, 1.54) is 4.79 Å². The first-order valence-electron chi connectivity index (χ1n) is 6.85. The normalized spacial score (nSPS) is 10.7. The van der Waals surface area contributed by atoms with Crippen LogP contribution >= 0.6 is 0 Å². The molecule has 2 N–H and O–H groups in total. The van der Waals surface area contributed by atoms with E-state index >= 15 is 0 Å². The molecule has 106 valence electrons. The van der Waals surface area contributed by atoms with Gasteiger partial charge in [0, 0.05) is 11.1 Å². The highest BCUT2D eigenvalue weighted by molar-refractivity contribution is 5.63. The second kappa shape index (κ2) is 5.32. The fourth-order valence-corrected chi connectivity index (χ4v) is 2.56. The van der Waals surface area contributed by atoms with Crippen LogP contribution in [-0.2, 0) is 6.54 Å². The SMILES string of the molecule is Cc1c(-c2ccccc2)n(Cc2ccccc2)n(N)c1=O. The lowest BCUT2D eigenvalue weighted by molar-refractivity contribution is 0.574. The van der Waals surface area contributed by atoms with Crippen LogP contribution in [0, 0.1) is 6.92 Å². The molecule has 2 aromatic carbocycles. The summed E-state index contributed by atoms with van der Waals surface area (Å²) in [4.78, 5) is 13.4. The largest absolute Gasteiger partial charge is 0.321 e. The Bertz CT molecular complexity index is 801. The molecule has 0 radical (unpaired) electrons. The highest BCUT2D eigenvalue weighted by atomic mass is 16.1. The average Bonchev–Trinajstić information content (AvgIpc) is 2.74. The maximum atomic E-state index is 12.2. The van der Waals surface area contributed by atoms with Crippen molar-refractivity contribution in [2.45, 2.75) is 13.5 Å². The van der Waals surface area contributed by atoms with Crippen molar-refractivity contribution in [2.75, 3.05) is 5.84 Å². The van der Waals surface area contributed by atoms with Gasteiger partial charge in [-0.05, 0) is 12.5 Å². The van der Waals surface area contributed by atoms with Crippen molar-refractivity contribution in [1.82, 2.24) is 9.47 Å². The van der Waals surface area contributed by atoms with Gasteiger partial charge in [0.15, 0.2) is 0 Å². The van der Waals surface area contributed by atoms with E-state index in [1.54, 1.807) is 0 Å². The van der Waals surface area contributed by atoms with Crippen molar-refractivity contribution in [3.05, 3.63) is 82.1 Å². The minimum absolute atomic E-state index is 0.162. The van der Waals surface area contributed by atoms with Crippen LogP contribution in [0.15, 0.2) is 65.5 Å². The molecule has 0 saturated carbocycles. The predicted molar refractivity (Wildman–Crippen MR) is 84.6 cm³/mol. The first-order valence-corrected chi connectivity index (χ1v) is 6.85. The van der Waals surface area contributed by atoms with Gasteiger partial charge in [0.05, 0.1) is 12.2 Å². The van der Waals surface area contributed by atoms with Gasteiger partial charge in [-0.15, -0.1) is 0 Å². The van der Waals surface area contributed by atoms with E-state index < -0.39 is 0 Å². The summed E-state index contributed by atoms with van der Waals surface area (Å²) in [6.45, 7) is 2.38. The zero-order valence-corrected chi connectivity index (χ0v) is 11.9. The van der Waals surface area contributed by atoms with Crippen LogP contribution in [-0.4, -0.2) is 9.47 Å². The molecule has 0 saturated heterocycles. The van der Waals surface area contributed by atoms with E-state index in [0.717, 1.165) is 16.8 Å². The zero-order valence-electron chi connectivity index (χ0n) is 11.9. The molecule has 4 heteroatoms. The third kappa shape index (κ3) is 2.36. The highest BCUT2D eigenvalue weighted by Crippen LogP contribution is 2.22. The summed E-state index contributed by atoms with van der Waals surface area (Å²) < 4.78 is 1.82. The lowest BCUT2D eigenvalue weighted by Crippen LogP contribution is -2.31. The van der Waals surface area contributed by atoms with Crippen LogP contribution in [0.4, 0.5) is 0 Å². The van der Waals surface area contributed by atoms with Gasteiger partial charge >= 0.3 is 0 Å². The smallest absolute Gasteiger partial charge is 0.289 e. The van der Waals surface area contributed by atoms with Gasteiger partial charge in [-0.1, -0.05) is 60.7 Å². The van der Waals surface area contributed by atoms with Crippen LogP contribution in [0.1, 0.15) is 11.1 Å². The topological polar surface area (TPSA) is 52.9 Å². The molecule has 1 heterocycles. The number of nitrogen functional groups attached to an aromatic ring is 1. The lowest BCUT2D eigenvalue weighted by atomic mass is 10.1. The minimum atomic E-state index is -0.162. The molecule has 3 rings (SSSR count). The van der Waals surface area contributed by atoms with E-state index in [0.29, 0.717) is 12.1 Å².